The fourth-order valence-electron chi connectivity index (χ4n) is 1.56. The Labute approximate surface area is 126 Å². The van der Waals surface area contributed by atoms with Crippen molar-refractivity contribution >= 4 is 34.9 Å². The van der Waals surface area contributed by atoms with Gasteiger partial charge in [0.15, 0.2) is 0 Å². The first kappa shape index (κ1) is 14.3. The van der Waals surface area contributed by atoms with Crippen LogP contribution in [0.5, 0.6) is 0 Å². The zero-order valence-corrected chi connectivity index (χ0v) is 11.7. The molecular weight excluding hydrogens is 297 g/mol. The van der Waals surface area contributed by atoms with Crippen LogP contribution in [-0.2, 0) is 11.2 Å². The van der Waals surface area contributed by atoms with Crippen LogP contribution in [0.1, 0.15) is 11.1 Å². The highest BCUT2D eigenvalue weighted by Crippen LogP contribution is 2.22. The summed E-state index contributed by atoms with van der Waals surface area (Å²) in [6, 6.07) is 10.1. The molecule has 0 aliphatic rings. The van der Waals surface area contributed by atoms with E-state index in [2.05, 4.69) is 10.3 Å². The fraction of sp³-hybridized carbons (Fsp3) is 0.0714. The Morgan fingerprint density at radius 1 is 1.25 bits per heavy atom. The van der Waals surface area contributed by atoms with Crippen LogP contribution >= 0.6 is 23.2 Å². The molecule has 1 amide bonds. The number of anilines is 1. The van der Waals surface area contributed by atoms with E-state index in [0.717, 1.165) is 5.56 Å². The molecule has 20 heavy (non-hydrogen) atoms. The summed E-state index contributed by atoms with van der Waals surface area (Å²) in [7, 11) is 0. The maximum Gasteiger partial charge on any atom is 0.229 e. The second-order valence-electron chi connectivity index (χ2n) is 4.02. The molecule has 1 aromatic heterocycles. The van der Waals surface area contributed by atoms with Crippen LogP contribution in [0, 0.1) is 11.3 Å². The number of hydrogen-bond donors (Lipinski definition) is 1. The molecule has 6 heteroatoms. The topological polar surface area (TPSA) is 65.8 Å². The largest absolute Gasteiger partial charge is 0.310 e. The predicted octanol–water partition coefficient (Wildman–Crippen LogP) is 3.44. The van der Waals surface area contributed by atoms with Crippen LogP contribution < -0.4 is 5.32 Å². The zero-order chi connectivity index (χ0) is 14.5. The number of aromatic nitrogens is 1. The van der Waals surface area contributed by atoms with Gasteiger partial charge in [0.25, 0.3) is 0 Å². The molecule has 0 saturated heterocycles. The van der Waals surface area contributed by atoms with Crippen molar-refractivity contribution in [3.8, 4) is 6.07 Å². The maximum atomic E-state index is 11.8. The van der Waals surface area contributed by atoms with Gasteiger partial charge in [0, 0.05) is 6.20 Å². The van der Waals surface area contributed by atoms with Crippen molar-refractivity contribution in [1.82, 2.24) is 4.98 Å². The van der Waals surface area contributed by atoms with Gasteiger partial charge in [-0.1, -0.05) is 29.3 Å². The molecule has 4 nitrogen and oxygen atoms in total. The van der Waals surface area contributed by atoms with E-state index in [1.54, 1.807) is 30.3 Å². The molecule has 0 bridgehead atoms. The van der Waals surface area contributed by atoms with E-state index < -0.39 is 0 Å². The Morgan fingerprint density at radius 3 is 2.65 bits per heavy atom. The maximum absolute atomic E-state index is 11.8. The highest BCUT2D eigenvalue weighted by Gasteiger charge is 2.07. The fourth-order valence-corrected chi connectivity index (χ4v) is 1.88. The third-order valence-electron chi connectivity index (χ3n) is 2.51. The van der Waals surface area contributed by atoms with Gasteiger partial charge in [0.2, 0.25) is 5.91 Å². The molecule has 1 heterocycles. The van der Waals surface area contributed by atoms with Crippen molar-refractivity contribution in [1.29, 1.82) is 5.26 Å². The quantitative estimate of drug-likeness (QED) is 0.944. The predicted molar refractivity (Wildman–Crippen MR) is 77.7 cm³/mol. The van der Waals surface area contributed by atoms with Crippen molar-refractivity contribution in [3.05, 3.63) is 57.7 Å². The number of halogens is 2. The summed E-state index contributed by atoms with van der Waals surface area (Å²) in [5, 5.41) is 12.2. The number of amides is 1. The number of carbonyl (C=O) groups excluding carboxylic acids is 1. The molecule has 2 rings (SSSR count). The molecule has 0 aliphatic carbocycles. The first-order chi connectivity index (χ1) is 9.58. The molecule has 0 spiro atoms. The third-order valence-corrected chi connectivity index (χ3v) is 3.25. The van der Waals surface area contributed by atoms with Gasteiger partial charge in [-0.25, -0.2) is 4.98 Å². The van der Waals surface area contributed by atoms with Crippen LogP contribution in [0.2, 0.25) is 10.0 Å². The molecule has 0 radical (unpaired) electrons. The van der Waals surface area contributed by atoms with E-state index >= 15 is 0 Å². The molecular formula is C14H9Cl2N3O. The number of pyridine rings is 1. The summed E-state index contributed by atoms with van der Waals surface area (Å²) in [5.41, 5.74) is 1.19. The van der Waals surface area contributed by atoms with Gasteiger partial charge in [0.05, 0.1) is 22.0 Å². The van der Waals surface area contributed by atoms with Crippen molar-refractivity contribution in [2.75, 3.05) is 5.32 Å². The Kier molecular flexibility index (Phi) is 4.57. The molecule has 0 saturated carbocycles. The average Bonchev–Trinajstić information content (AvgIpc) is 2.44. The van der Waals surface area contributed by atoms with Gasteiger partial charge in [-0.3, -0.25) is 4.79 Å². The molecule has 0 fully saturated rings. The SMILES string of the molecule is N#Cc1ccc(NC(=O)Cc2ccc(Cl)c(Cl)c2)nc1. The smallest absolute Gasteiger partial charge is 0.229 e. The zero-order valence-electron chi connectivity index (χ0n) is 10.2. The average molecular weight is 306 g/mol. The number of hydrogen-bond acceptors (Lipinski definition) is 3. The number of nitrogens with one attached hydrogen (secondary N) is 1. The van der Waals surface area contributed by atoms with Gasteiger partial charge in [-0.15, -0.1) is 0 Å². The summed E-state index contributed by atoms with van der Waals surface area (Å²) in [6.07, 6.45) is 1.56. The molecule has 1 N–H and O–H groups in total. The first-order valence-corrected chi connectivity index (χ1v) is 6.44. The Bertz CT molecular complexity index is 678. The van der Waals surface area contributed by atoms with Crippen LogP contribution in [0.3, 0.4) is 0 Å². The summed E-state index contributed by atoms with van der Waals surface area (Å²) in [6.45, 7) is 0. The lowest BCUT2D eigenvalue weighted by Crippen LogP contribution is -2.15. The number of nitriles is 1. The summed E-state index contributed by atoms with van der Waals surface area (Å²) in [5.74, 6) is 0.176. The monoisotopic (exact) mass is 305 g/mol. The lowest BCUT2D eigenvalue weighted by atomic mass is 10.1. The summed E-state index contributed by atoms with van der Waals surface area (Å²) >= 11 is 11.7. The van der Waals surface area contributed by atoms with Gasteiger partial charge < -0.3 is 5.32 Å². The normalized spacial score (nSPS) is 9.85. The molecule has 1 aromatic carbocycles. The molecule has 0 aliphatic heterocycles. The van der Waals surface area contributed by atoms with Crippen molar-refractivity contribution < 1.29 is 4.79 Å². The summed E-state index contributed by atoms with van der Waals surface area (Å²) < 4.78 is 0. The second kappa shape index (κ2) is 6.38. The number of rotatable bonds is 3. The Hall–Kier alpha value is -2.09. The van der Waals surface area contributed by atoms with E-state index in [9.17, 15) is 4.79 Å². The van der Waals surface area contributed by atoms with Crippen molar-refractivity contribution in [2.24, 2.45) is 0 Å². The highest BCUT2D eigenvalue weighted by molar-refractivity contribution is 6.42. The highest BCUT2D eigenvalue weighted by atomic mass is 35.5. The van der Waals surface area contributed by atoms with E-state index in [1.165, 1.54) is 6.20 Å². The first-order valence-electron chi connectivity index (χ1n) is 5.68. The summed E-state index contributed by atoms with van der Waals surface area (Å²) in [4.78, 5) is 15.8. The lowest BCUT2D eigenvalue weighted by molar-refractivity contribution is -0.115. The Morgan fingerprint density at radius 2 is 2.05 bits per heavy atom. The molecule has 2 aromatic rings. The number of nitrogens with zero attached hydrogens (tertiary/aromatic N) is 2. The van der Waals surface area contributed by atoms with Crippen LogP contribution in [0.4, 0.5) is 5.82 Å². The number of benzene rings is 1. The van der Waals surface area contributed by atoms with Crippen molar-refractivity contribution in [3.63, 3.8) is 0 Å². The van der Waals surface area contributed by atoms with Crippen LogP contribution in [-0.4, -0.2) is 10.9 Å². The molecule has 100 valence electrons. The second-order valence-corrected chi connectivity index (χ2v) is 4.83. The van der Waals surface area contributed by atoms with Gasteiger partial charge in [-0.05, 0) is 29.8 Å². The van der Waals surface area contributed by atoms with Crippen LogP contribution in [0.25, 0.3) is 0 Å². The van der Waals surface area contributed by atoms with E-state index in [1.807, 2.05) is 6.07 Å². The minimum atomic E-state index is -0.222. The van der Waals surface area contributed by atoms with Gasteiger partial charge in [0.1, 0.15) is 11.9 Å². The van der Waals surface area contributed by atoms with Gasteiger partial charge in [-0.2, -0.15) is 5.26 Å². The minimum Gasteiger partial charge on any atom is -0.310 e. The minimum absolute atomic E-state index is 0.165. The standard InChI is InChI=1S/C14H9Cl2N3O/c15-11-3-1-9(5-12(11)16)6-14(20)19-13-4-2-10(7-17)8-18-13/h1-5,8H,6H2,(H,18,19,20). The lowest BCUT2D eigenvalue weighted by Gasteiger charge is -2.05. The van der Waals surface area contributed by atoms with E-state index in [0.29, 0.717) is 21.4 Å². The van der Waals surface area contributed by atoms with Crippen LogP contribution in [0.15, 0.2) is 36.5 Å². The molecule has 0 unspecified atom stereocenters. The molecule has 0 atom stereocenters. The van der Waals surface area contributed by atoms with Gasteiger partial charge >= 0.3 is 0 Å². The van der Waals surface area contributed by atoms with Crippen molar-refractivity contribution in [2.45, 2.75) is 6.42 Å². The Balaban J connectivity index is 2.01. The third kappa shape index (κ3) is 3.70. The number of carbonyl (C=O) groups is 1. The van der Waals surface area contributed by atoms with E-state index in [4.69, 9.17) is 28.5 Å². The van der Waals surface area contributed by atoms with E-state index in [-0.39, 0.29) is 12.3 Å².